The molecule has 0 radical (unpaired) electrons. The summed E-state index contributed by atoms with van der Waals surface area (Å²) in [6.45, 7) is 2.29. The molecule has 0 atom stereocenters. The van der Waals surface area contributed by atoms with Gasteiger partial charge in [0, 0.05) is 18.3 Å². The highest BCUT2D eigenvalue weighted by atomic mass is 16.3. The molecule has 1 aromatic rings. The van der Waals surface area contributed by atoms with Crippen LogP contribution < -0.4 is 5.43 Å². The summed E-state index contributed by atoms with van der Waals surface area (Å²) in [4.78, 5) is 10.9. The lowest BCUT2D eigenvalue weighted by Crippen LogP contribution is -2.11. The van der Waals surface area contributed by atoms with Gasteiger partial charge < -0.3 is 14.8 Å². The van der Waals surface area contributed by atoms with Crippen LogP contribution >= 0.6 is 0 Å². The second-order valence-electron chi connectivity index (χ2n) is 2.46. The molecular weight excluding hydrogens is 158 g/mol. The van der Waals surface area contributed by atoms with Gasteiger partial charge in [0.2, 0.25) is 5.43 Å². The summed E-state index contributed by atoms with van der Waals surface area (Å²) in [5.41, 5.74) is 0.0593. The average molecular weight is 169 g/mol. The third kappa shape index (κ3) is 1.48. The minimum atomic E-state index is -0.455. The molecule has 0 aliphatic carbocycles. The van der Waals surface area contributed by atoms with Gasteiger partial charge in [-0.25, -0.2) is 0 Å². The smallest absolute Gasteiger partial charge is 0.223 e. The van der Waals surface area contributed by atoms with Crippen LogP contribution in [-0.4, -0.2) is 14.8 Å². The van der Waals surface area contributed by atoms with Crippen molar-refractivity contribution in [1.29, 1.82) is 0 Å². The van der Waals surface area contributed by atoms with Crippen molar-refractivity contribution in [2.45, 2.75) is 20.1 Å². The van der Waals surface area contributed by atoms with Gasteiger partial charge in [0.1, 0.15) is 0 Å². The van der Waals surface area contributed by atoms with E-state index in [9.17, 15) is 4.79 Å². The fourth-order valence-electron chi connectivity index (χ4n) is 1.03. The number of hydrogen-bond acceptors (Lipinski definition) is 3. The van der Waals surface area contributed by atoms with Crippen molar-refractivity contribution < 1.29 is 10.2 Å². The van der Waals surface area contributed by atoms with Gasteiger partial charge in [-0.1, -0.05) is 0 Å². The van der Waals surface area contributed by atoms with E-state index in [1.54, 1.807) is 4.57 Å². The maximum atomic E-state index is 10.9. The van der Waals surface area contributed by atoms with Gasteiger partial charge in [0.15, 0.2) is 5.75 Å². The van der Waals surface area contributed by atoms with Crippen LogP contribution in [0.3, 0.4) is 0 Å². The van der Waals surface area contributed by atoms with Gasteiger partial charge in [-0.15, -0.1) is 0 Å². The Labute approximate surface area is 69.7 Å². The Morgan fingerprint density at radius 3 is 2.75 bits per heavy atom. The molecule has 0 saturated carbocycles. The van der Waals surface area contributed by atoms with E-state index in [4.69, 9.17) is 10.2 Å². The standard InChI is InChI=1S/C8H11NO3/c1-2-9-4-8(12)7(11)3-6(9)5-10/h3-4,10,12H,2,5H2,1H3. The molecule has 66 valence electrons. The van der Waals surface area contributed by atoms with E-state index < -0.39 is 5.43 Å². The van der Waals surface area contributed by atoms with E-state index in [2.05, 4.69) is 0 Å². The summed E-state index contributed by atoms with van der Waals surface area (Å²) < 4.78 is 1.62. The van der Waals surface area contributed by atoms with Gasteiger partial charge in [-0.3, -0.25) is 4.79 Å². The zero-order chi connectivity index (χ0) is 9.14. The van der Waals surface area contributed by atoms with Gasteiger partial charge in [0.05, 0.1) is 12.8 Å². The van der Waals surface area contributed by atoms with Crippen molar-refractivity contribution in [1.82, 2.24) is 4.57 Å². The highest BCUT2D eigenvalue weighted by Gasteiger charge is 2.02. The maximum absolute atomic E-state index is 10.9. The summed E-state index contributed by atoms with van der Waals surface area (Å²) in [5.74, 6) is -0.283. The number of aromatic nitrogens is 1. The number of nitrogens with zero attached hydrogens (tertiary/aromatic N) is 1. The van der Waals surface area contributed by atoms with E-state index in [-0.39, 0.29) is 12.4 Å². The van der Waals surface area contributed by atoms with Crippen molar-refractivity contribution >= 4 is 0 Å². The van der Waals surface area contributed by atoms with Gasteiger partial charge >= 0.3 is 0 Å². The Morgan fingerprint density at radius 2 is 2.25 bits per heavy atom. The van der Waals surface area contributed by atoms with Crippen LogP contribution in [0.15, 0.2) is 17.1 Å². The van der Waals surface area contributed by atoms with E-state index in [1.807, 2.05) is 6.92 Å². The number of pyridine rings is 1. The monoisotopic (exact) mass is 169 g/mol. The molecular formula is C8H11NO3. The second-order valence-corrected chi connectivity index (χ2v) is 2.46. The minimum absolute atomic E-state index is 0.191. The first-order valence-corrected chi connectivity index (χ1v) is 3.72. The number of aliphatic hydroxyl groups excluding tert-OH is 1. The summed E-state index contributed by atoms with van der Waals surface area (Å²) in [7, 11) is 0. The molecule has 4 heteroatoms. The fraction of sp³-hybridized carbons (Fsp3) is 0.375. The highest BCUT2D eigenvalue weighted by Crippen LogP contribution is 2.04. The van der Waals surface area contributed by atoms with E-state index in [0.29, 0.717) is 12.2 Å². The summed E-state index contributed by atoms with van der Waals surface area (Å²) in [6.07, 6.45) is 1.33. The molecule has 0 aliphatic rings. The zero-order valence-electron chi connectivity index (χ0n) is 6.82. The molecule has 0 aromatic carbocycles. The van der Waals surface area contributed by atoms with Crippen molar-refractivity contribution in [2.75, 3.05) is 0 Å². The Morgan fingerprint density at radius 1 is 1.58 bits per heavy atom. The van der Waals surface area contributed by atoms with Crippen molar-refractivity contribution in [3.8, 4) is 5.75 Å². The lowest BCUT2D eigenvalue weighted by molar-refractivity contribution is 0.269. The summed E-state index contributed by atoms with van der Waals surface area (Å²) >= 11 is 0. The number of aliphatic hydroxyl groups is 1. The average Bonchev–Trinajstić information content (AvgIpc) is 2.09. The first-order chi connectivity index (χ1) is 5.69. The predicted molar refractivity (Wildman–Crippen MR) is 44.0 cm³/mol. The van der Waals surface area contributed by atoms with Gasteiger partial charge in [-0.05, 0) is 6.92 Å². The van der Waals surface area contributed by atoms with Crippen LogP contribution in [0, 0.1) is 0 Å². The topological polar surface area (TPSA) is 62.5 Å². The van der Waals surface area contributed by atoms with Gasteiger partial charge in [0.25, 0.3) is 0 Å². The fourth-order valence-corrected chi connectivity index (χ4v) is 1.03. The molecule has 4 nitrogen and oxygen atoms in total. The SMILES string of the molecule is CCn1cc(O)c(=O)cc1CO. The molecule has 0 bridgehead atoms. The van der Waals surface area contributed by atoms with Crippen LogP contribution in [0.25, 0.3) is 0 Å². The normalized spacial score (nSPS) is 10.2. The van der Waals surface area contributed by atoms with E-state index in [0.717, 1.165) is 0 Å². The molecule has 0 spiro atoms. The predicted octanol–water partition coefficient (Wildman–Crippen LogP) is 0.0661. The Hall–Kier alpha value is -1.29. The Balaban J connectivity index is 3.29. The van der Waals surface area contributed by atoms with Crippen LogP contribution in [0.1, 0.15) is 12.6 Å². The quantitative estimate of drug-likeness (QED) is 0.658. The van der Waals surface area contributed by atoms with E-state index >= 15 is 0 Å². The molecule has 1 heterocycles. The van der Waals surface area contributed by atoms with Crippen molar-refractivity contribution in [3.05, 3.63) is 28.2 Å². The third-order valence-electron chi connectivity index (χ3n) is 1.70. The van der Waals surface area contributed by atoms with E-state index in [1.165, 1.54) is 12.3 Å². The molecule has 12 heavy (non-hydrogen) atoms. The Bertz CT molecular complexity index is 330. The summed E-state index contributed by atoms with van der Waals surface area (Å²) in [6, 6.07) is 1.23. The maximum Gasteiger partial charge on any atom is 0.223 e. The van der Waals surface area contributed by atoms with Crippen molar-refractivity contribution in [2.24, 2.45) is 0 Å². The minimum Gasteiger partial charge on any atom is -0.503 e. The molecule has 1 rings (SSSR count). The molecule has 0 amide bonds. The third-order valence-corrected chi connectivity index (χ3v) is 1.70. The lowest BCUT2D eigenvalue weighted by Gasteiger charge is -2.08. The molecule has 2 N–H and O–H groups in total. The number of aryl methyl sites for hydroxylation is 1. The molecule has 0 saturated heterocycles. The molecule has 0 aliphatic heterocycles. The molecule has 0 fully saturated rings. The van der Waals surface area contributed by atoms with Crippen LogP contribution in [0.2, 0.25) is 0 Å². The first kappa shape index (κ1) is 8.80. The van der Waals surface area contributed by atoms with Crippen molar-refractivity contribution in [3.63, 3.8) is 0 Å². The Kier molecular flexibility index (Phi) is 2.50. The van der Waals surface area contributed by atoms with Crippen LogP contribution in [0.5, 0.6) is 5.75 Å². The highest BCUT2D eigenvalue weighted by molar-refractivity contribution is 5.19. The first-order valence-electron chi connectivity index (χ1n) is 3.72. The largest absolute Gasteiger partial charge is 0.503 e. The summed E-state index contributed by atoms with van der Waals surface area (Å²) in [5, 5.41) is 17.9. The lowest BCUT2D eigenvalue weighted by atomic mass is 10.3. The number of aromatic hydroxyl groups is 1. The number of rotatable bonds is 2. The number of hydrogen-bond donors (Lipinski definition) is 2. The zero-order valence-corrected chi connectivity index (χ0v) is 6.82. The van der Waals surface area contributed by atoms with Gasteiger partial charge in [-0.2, -0.15) is 0 Å². The molecule has 0 unspecified atom stereocenters. The van der Waals surface area contributed by atoms with Crippen LogP contribution in [-0.2, 0) is 13.2 Å². The molecule has 1 aromatic heterocycles. The second kappa shape index (κ2) is 3.40. The van der Waals surface area contributed by atoms with Crippen LogP contribution in [0.4, 0.5) is 0 Å².